The van der Waals surface area contributed by atoms with Crippen LogP contribution in [-0.2, 0) is 16.0 Å². The monoisotopic (exact) mass is 252 g/mol. The molecule has 0 heterocycles. The van der Waals surface area contributed by atoms with Gasteiger partial charge in [-0.3, -0.25) is 10.2 Å². The number of ether oxygens (including phenoxy) is 2. The second kappa shape index (κ2) is 8.49. The summed E-state index contributed by atoms with van der Waals surface area (Å²) >= 11 is 0. The lowest BCUT2D eigenvalue weighted by Gasteiger charge is -2.07. The van der Waals surface area contributed by atoms with Crippen LogP contribution in [0.15, 0.2) is 24.3 Å². The average Bonchev–Trinajstić information content (AvgIpc) is 2.42. The highest BCUT2D eigenvalue weighted by Crippen LogP contribution is 2.13. The highest BCUT2D eigenvalue weighted by atomic mass is 16.5. The number of hydrazine groups is 1. The number of carbonyl (C=O) groups is 1. The van der Waals surface area contributed by atoms with Crippen molar-refractivity contribution in [1.29, 1.82) is 0 Å². The van der Waals surface area contributed by atoms with Gasteiger partial charge in [-0.2, -0.15) is 0 Å². The predicted molar refractivity (Wildman–Crippen MR) is 69.1 cm³/mol. The van der Waals surface area contributed by atoms with E-state index >= 15 is 0 Å². The number of carbonyl (C=O) groups excluding carboxylic acids is 1. The SMILES string of the molecule is COCCc1ccc(OCCCC(=O)NN)cc1. The highest BCUT2D eigenvalue weighted by molar-refractivity contribution is 5.75. The first-order valence-corrected chi connectivity index (χ1v) is 5.96. The molecule has 0 radical (unpaired) electrons. The van der Waals surface area contributed by atoms with Gasteiger partial charge < -0.3 is 9.47 Å². The molecule has 100 valence electrons. The molecular formula is C13H20N2O3. The molecule has 3 N–H and O–H groups in total. The van der Waals surface area contributed by atoms with Crippen LogP contribution in [0.25, 0.3) is 0 Å². The Kier molecular flexibility index (Phi) is 6.83. The molecule has 5 heteroatoms. The van der Waals surface area contributed by atoms with Gasteiger partial charge in [-0.25, -0.2) is 5.84 Å². The van der Waals surface area contributed by atoms with Crippen LogP contribution in [0.1, 0.15) is 18.4 Å². The number of benzene rings is 1. The lowest BCUT2D eigenvalue weighted by molar-refractivity contribution is -0.121. The number of nitrogens with two attached hydrogens (primary N) is 1. The third-order valence-corrected chi connectivity index (χ3v) is 2.50. The Balaban J connectivity index is 2.24. The van der Waals surface area contributed by atoms with Crippen molar-refractivity contribution in [3.63, 3.8) is 0 Å². The van der Waals surface area contributed by atoms with Crippen LogP contribution in [0.2, 0.25) is 0 Å². The van der Waals surface area contributed by atoms with E-state index in [-0.39, 0.29) is 5.91 Å². The zero-order chi connectivity index (χ0) is 13.2. The van der Waals surface area contributed by atoms with Crippen molar-refractivity contribution in [2.75, 3.05) is 20.3 Å². The minimum Gasteiger partial charge on any atom is -0.494 e. The maximum atomic E-state index is 10.9. The van der Waals surface area contributed by atoms with E-state index in [1.807, 2.05) is 24.3 Å². The summed E-state index contributed by atoms with van der Waals surface area (Å²) in [6.07, 6.45) is 1.92. The van der Waals surface area contributed by atoms with E-state index in [9.17, 15) is 4.79 Å². The minimum absolute atomic E-state index is 0.173. The molecule has 5 nitrogen and oxygen atoms in total. The van der Waals surface area contributed by atoms with Gasteiger partial charge in [-0.1, -0.05) is 12.1 Å². The Hall–Kier alpha value is -1.59. The van der Waals surface area contributed by atoms with Gasteiger partial charge in [0, 0.05) is 13.5 Å². The van der Waals surface area contributed by atoms with E-state index in [0.717, 1.165) is 12.2 Å². The number of nitrogens with one attached hydrogen (secondary N) is 1. The zero-order valence-corrected chi connectivity index (χ0v) is 10.6. The second-order valence-electron chi connectivity index (χ2n) is 3.91. The molecule has 0 saturated carbocycles. The van der Waals surface area contributed by atoms with Crippen molar-refractivity contribution in [1.82, 2.24) is 5.43 Å². The first-order chi connectivity index (χ1) is 8.76. The van der Waals surface area contributed by atoms with E-state index in [1.54, 1.807) is 7.11 Å². The molecule has 18 heavy (non-hydrogen) atoms. The molecule has 1 amide bonds. The zero-order valence-electron chi connectivity index (χ0n) is 10.6. The van der Waals surface area contributed by atoms with Gasteiger partial charge in [-0.05, 0) is 30.5 Å². The van der Waals surface area contributed by atoms with Crippen molar-refractivity contribution in [2.24, 2.45) is 5.84 Å². The molecule has 0 fully saturated rings. The number of methoxy groups -OCH3 is 1. The van der Waals surface area contributed by atoms with Crippen molar-refractivity contribution < 1.29 is 14.3 Å². The van der Waals surface area contributed by atoms with Crippen LogP contribution in [-0.4, -0.2) is 26.2 Å². The van der Waals surface area contributed by atoms with Gasteiger partial charge >= 0.3 is 0 Å². The summed E-state index contributed by atoms with van der Waals surface area (Å²) in [6.45, 7) is 1.22. The fourth-order valence-corrected chi connectivity index (χ4v) is 1.47. The molecule has 0 aliphatic rings. The van der Waals surface area contributed by atoms with Crippen LogP contribution < -0.4 is 16.0 Å². The van der Waals surface area contributed by atoms with Gasteiger partial charge in [-0.15, -0.1) is 0 Å². The maximum absolute atomic E-state index is 10.9. The summed E-state index contributed by atoms with van der Waals surface area (Å²) in [6, 6.07) is 7.88. The third-order valence-electron chi connectivity index (χ3n) is 2.50. The maximum Gasteiger partial charge on any atom is 0.234 e. The molecule has 0 aromatic heterocycles. The number of hydrogen-bond acceptors (Lipinski definition) is 4. The van der Waals surface area contributed by atoms with E-state index in [2.05, 4.69) is 5.43 Å². The van der Waals surface area contributed by atoms with Crippen LogP contribution in [0.4, 0.5) is 0 Å². The van der Waals surface area contributed by atoms with Crippen LogP contribution in [0, 0.1) is 0 Å². The first kappa shape index (κ1) is 14.5. The number of amides is 1. The smallest absolute Gasteiger partial charge is 0.234 e. The number of rotatable bonds is 8. The Labute approximate surface area is 107 Å². The lowest BCUT2D eigenvalue weighted by atomic mass is 10.1. The molecule has 0 aliphatic heterocycles. The van der Waals surface area contributed by atoms with Crippen molar-refractivity contribution in [3.05, 3.63) is 29.8 Å². The third kappa shape index (κ3) is 5.65. The second-order valence-corrected chi connectivity index (χ2v) is 3.91. The van der Waals surface area contributed by atoms with Crippen molar-refractivity contribution >= 4 is 5.91 Å². The molecule has 0 atom stereocenters. The summed E-state index contributed by atoms with van der Waals surface area (Å²) in [5.74, 6) is 5.61. The van der Waals surface area contributed by atoms with Crippen molar-refractivity contribution in [2.45, 2.75) is 19.3 Å². The summed E-state index contributed by atoms with van der Waals surface area (Å²) in [5.41, 5.74) is 3.30. The number of hydrogen-bond donors (Lipinski definition) is 2. The van der Waals surface area contributed by atoms with E-state index in [4.69, 9.17) is 15.3 Å². The standard InChI is InChI=1S/C13H20N2O3/c1-17-10-8-11-4-6-12(7-5-11)18-9-2-3-13(16)15-14/h4-7H,2-3,8-10,14H2,1H3,(H,15,16). The Morgan fingerprint density at radius 1 is 1.28 bits per heavy atom. The topological polar surface area (TPSA) is 73.6 Å². The molecule has 0 spiro atoms. The highest BCUT2D eigenvalue weighted by Gasteiger charge is 1.99. The summed E-state index contributed by atoms with van der Waals surface area (Å²) in [4.78, 5) is 10.9. The summed E-state index contributed by atoms with van der Waals surface area (Å²) in [5, 5.41) is 0. The van der Waals surface area contributed by atoms with Gasteiger partial charge in [0.15, 0.2) is 0 Å². The van der Waals surface area contributed by atoms with Gasteiger partial charge in [0.1, 0.15) is 5.75 Å². The molecule has 1 rings (SSSR count). The normalized spacial score (nSPS) is 10.1. The fraction of sp³-hybridized carbons (Fsp3) is 0.462. The molecule has 1 aromatic rings. The first-order valence-electron chi connectivity index (χ1n) is 5.96. The van der Waals surface area contributed by atoms with E-state index in [1.165, 1.54) is 5.56 Å². The average molecular weight is 252 g/mol. The molecule has 0 aliphatic carbocycles. The predicted octanol–water partition coefficient (Wildman–Crippen LogP) is 1.02. The van der Waals surface area contributed by atoms with Gasteiger partial charge in [0.05, 0.1) is 13.2 Å². The molecule has 0 bridgehead atoms. The molecule has 0 unspecified atom stereocenters. The quantitative estimate of drug-likeness (QED) is 0.313. The Morgan fingerprint density at radius 3 is 2.61 bits per heavy atom. The summed E-state index contributed by atoms with van der Waals surface area (Å²) in [7, 11) is 1.69. The summed E-state index contributed by atoms with van der Waals surface area (Å²) < 4.78 is 10.5. The van der Waals surface area contributed by atoms with Gasteiger partial charge in [0.2, 0.25) is 5.91 Å². The van der Waals surface area contributed by atoms with Gasteiger partial charge in [0.25, 0.3) is 0 Å². The lowest BCUT2D eigenvalue weighted by Crippen LogP contribution is -2.29. The largest absolute Gasteiger partial charge is 0.494 e. The molecule has 1 aromatic carbocycles. The van der Waals surface area contributed by atoms with E-state index < -0.39 is 0 Å². The van der Waals surface area contributed by atoms with Crippen LogP contribution in [0.3, 0.4) is 0 Å². The van der Waals surface area contributed by atoms with Crippen LogP contribution >= 0.6 is 0 Å². The Morgan fingerprint density at radius 2 is 2.00 bits per heavy atom. The van der Waals surface area contributed by atoms with Crippen LogP contribution in [0.5, 0.6) is 5.75 Å². The molecule has 0 saturated heterocycles. The molecular weight excluding hydrogens is 232 g/mol. The van der Waals surface area contributed by atoms with Crippen molar-refractivity contribution in [3.8, 4) is 5.75 Å². The van der Waals surface area contributed by atoms with E-state index in [0.29, 0.717) is 26.1 Å². The fourth-order valence-electron chi connectivity index (χ4n) is 1.47. The Bertz CT molecular complexity index is 352. The minimum atomic E-state index is -0.173.